The number of carbonyl (C=O) groups is 1. The SMILES string of the molecule is NOC(=O)[C@@H]1CCCN1.[Zn]. The molecule has 0 aromatic heterocycles. The van der Waals surface area contributed by atoms with E-state index in [0.717, 1.165) is 19.4 Å². The normalized spacial score (nSPS) is 23.5. The molecule has 0 spiro atoms. The van der Waals surface area contributed by atoms with Crippen LogP contribution in [0.25, 0.3) is 0 Å². The van der Waals surface area contributed by atoms with Crippen LogP contribution in [0.5, 0.6) is 0 Å². The van der Waals surface area contributed by atoms with Crippen molar-refractivity contribution in [1.29, 1.82) is 0 Å². The molecule has 10 heavy (non-hydrogen) atoms. The molecular weight excluding hydrogens is 185 g/mol. The van der Waals surface area contributed by atoms with Gasteiger partial charge in [-0.15, -0.1) is 0 Å². The molecule has 0 aliphatic carbocycles. The number of hydrogen-bond acceptors (Lipinski definition) is 4. The fourth-order valence-corrected chi connectivity index (χ4v) is 0.968. The fourth-order valence-electron chi connectivity index (χ4n) is 0.968. The smallest absolute Gasteiger partial charge is 0.341 e. The number of rotatable bonds is 1. The standard InChI is InChI=1S/C5H10N2O2.Zn/c6-9-5(8)4-2-1-3-7-4;/h4,7H,1-3,6H2;/t4-;/m0./s1. The van der Waals surface area contributed by atoms with Crippen LogP contribution in [0.3, 0.4) is 0 Å². The van der Waals surface area contributed by atoms with E-state index in [1.807, 2.05) is 0 Å². The van der Waals surface area contributed by atoms with Gasteiger partial charge in [0.1, 0.15) is 6.04 Å². The Morgan fingerprint density at radius 2 is 2.40 bits per heavy atom. The summed E-state index contributed by atoms with van der Waals surface area (Å²) in [5, 5.41) is 2.95. The van der Waals surface area contributed by atoms with Gasteiger partial charge in [0.05, 0.1) is 0 Å². The van der Waals surface area contributed by atoms with Crippen LogP contribution >= 0.6 is 0 Å². The van der Waals surface area contributed by atoms with Gasteiger partial charge < -0.3 is 10.2 Å². The zero-order chi connectivity index (χ0) is 6.69. The first-order valence-electron chi connectivity index (χ1n) is 2.98. The van der Waals surface area contributed by atoms with Crippen LogP contribution in [0.15, 0.2) is 0 Å². The third kappa shape index (κ3) is 2.33. The zero-order valence-electron chi connectivity index (χ0n) is 5.80. The first kappa shape index (κ1) is 10.0. The second-order valence-corrected chi connectivity index (χ2v) is 2.09. The van der Waals surface area contributed by atoms with Crippen molar-refractivity contribution in [2.24, 2.45) is 5.90 Å². The predicted octanol–water partition coefficient (Wildman–Crippen LogP) is -0.847. The molecule has 3 N–H and O–H groups in total. The van der Waals surface area contributed by atoms with Gasteiger partial charge in [0, 0.05) is 19.5 Å². The molecule has 1 rings (SSSR count). The van der Waals surface area contributed by atoms with Crippen LogP contribution < -0.4 is 11.2 Å². The van der Waals surface area contributed by atoms with E-state index in [-0.39, 0.29) is 31.5 Å². The van der Waals surface area contributed by atoms with E-state index in [1.165, 1.54) is 0 Å². The predicted molar refractivity (Wildman–Crippen MR) is 31.3 cm³/mol. The quantitative estimate of drug-likeness (QED) is 0.423. The molecule has 4 nitrogen and oxygen atoms in total. The molecule has 0 saturated carbocycles. The zero-order valence-corrected chi connectivity index (χ0v) is 8.77. The van der Waals surface area contributed by atoms with Gasteiger partial charge in [-0.2, -0.15) is 5.90 Å². The first-order chi connectivity index (χ1) is 4.34. The Balaban J connectivity index is 0.000000810. The number of nitrogens with two attached hydrogens (primary N) is 1. The molecule has 5 heteroatoms. The largest absolute Gasteiger partial charge is 0.372 e. The Morgan fingerprint density at radius 3 is 2.80 bits per heavy atom. The molecule has 0 aromatic carbocycles. The topological polar surface area (TPSA) is 64.3 Å². The summed E-state index contributed by atoms with van der Waals surface area (Å²) in [5.74, 6) is 4.31. The second-order valence-electron chi connectivity index (χ2n) is 2.09. The van der Waals surface area contributed by atoms with Crippen molar-refractivity contribution < 1.29 is 29.1 Å². The fraction of sp³-hybridized carbons (Fsp3) is 0.800. The number of carbonyl (C=O) groups excluding carboxylic acids is 1. The van der Waals surface area contributed by atoms with Crippen LogP contribution in [0, 0.1) is 0 Å². The van der Waals surface area contributed by atoms with Crippen molar-refractivity contribution in [3.63, 3.8) is 0 Å². The Kier molecular flexibility index (Phi) is 4.78. The molecule has 1 fully saturated rings. The average Bonchev–Trinajstić information content (AvgIpc) is 2.37. The minimum Gasteiger partial charge on any atom is -0.372 e. The van der Waals surface area contributed by atoms with Gasteiger partial charge in [-0.25, -0.2) is 4.79 Å². The summed E-state index contributed by atoms with van der Waals surface area (Å²) in [4.78, 5) is 14.6. The van der Waals surface area contributed by atoms with E-state index < -0.39 is 0 Å². The maximum Gasteiger partial charge on any atom is 0.341 e. The van der Waals surface area contributed by atoms with Crippen molar-refractivity contribution in [2.45, 2.75) is 18.9 Å². The van der Waals surface area contributed by atoms with Crippen molar-refractivity contribution in [3.8, 4) is 0 Å². The number of nitrogens with one attached hydrogen (secondary N) is 1. The van der Waals surface area contributed by atoms with Crippen LogP contribution in [-0.4, -0.2) is 18.6 Å². The molecule has 54 valence electrons. The molecular formula is C5H10N2O2Zn. The maximum atomic E-state index is 10.6. The molecule has 0 radical (unpaired) electrons. The molecule has 1 aliphatic heterocycles. The average molecular weight is 196 g/mol. The monoisotopic (exact) mass is 194 g/mol. The van der Waals surface area contributed by atoms with Crippen molar-refractivity contribution in [3.05, 3.63) is 0 Å². The third-order valence-electron chi connectivity index (χ3n) is 1.46. The Morgan fingerprint density at radius 1 is 1.70 bits per heavy atom. The summed E-state index contributed by atoms with van der Waals surface area (Å²) in [6.07, 6.45) is 1.87. The molecule has 0 aromatic rings. The first-order valence-corrected chi connectivity index (χ1v) is 2.98. The second kappa shape index (κ2) is 4.77. The van der Waals surface area contributed by atoms with Gasteiger partial charge in [-0.3, -0.25) is 0 Å². The van der Waals surface area contributed by atoms with Gasteiger partial charge in [0.25, 0.3) is 0 Å². The van der Waals surface area contributed by atoms with E-state index in [2.05, 4.69) is 16.1 Å². The van der Waals surface area contributed by atoms with E-state index in [1.54, 1.807) is 0 Å². The third-order valence-corrected chi connectivity index (χ3v) is 1.46. The van der Waals surface area contributed by atoms with Gasteiger partial charge in [0.15, 0.2) is 0 Å². The Labute approximate surface area is 72.2 Å². The summed E-state index contributed by atoms with van der Waals surface area (Å²) in [7, 11) is 0. The van der Waals surface area contributed by atoms with Gasteiger partial charge in [-0.05, 0) is 19.4 Å². The summed E-state index contributed by atoms with van der Waals surface area (Å²) < 4.78 is 0. The van der Waals surface area contributed by atoms with Crippen LogP contribution in [-0.2, 0) is 29.1 Å². The van der Waals surface area contributed by atoms with E-state index in [4.69, 9.17) is 0 Å². The van der Waals surface area contributed by atoms with Crippen LogP contribution in [0.2, 0.25) is 0 Å². The molecule has 0 amide bonds. The Hall–Kier alpha value is 0.0134. The molecule has 0 bridgehead atoms. The summed E-state index contributed by atoms with van der Waals surface area (Å²) in [6, 6.07) is -0.157. The van der Waals surface area contributed by atoms with Crippen molar-refractivity contribution in [2.75, 3.05) is 6.54 Å². The molecule has 1 saturated heterocycles. The van der Waals surface area contributed by atoms with E-state index in [0.29, 0.717) is 0 Å². The van der Waals surface area contributed by atoms with Crippen molar-refractivity contribution >= 4 is 5.97 Å². The van der Waals surface area contributed by atoms with Gasteiger partial charge >= 0.3 is 5.97 Å². The molecule has 1 aliphatic rings. The summed E-state index contributed by atoms with van der Waals surface area (Å²) in [5.41, 5.74) is 0. The number of hydrogen-bond donors (Lipinski definition) is 2. The summed E-state index contributed by atoms with van der Waals surface area (Å²) in [6.45, 7) is 0.889. The summed E-state index contributed by atoms with van der Waals surface area (Å²) >= 11 is 0. The molecule has 1 heterocycles. The van der Waals surface area contributed by atoms with Crippen molar-refractivity contribution in [1.82, 2.24) is 5.32 Å². The van der Waals surface area contributed by atoms with E-state index in [9.17, 15) is 4.79 Å². The van der Waals surface area contributed by atoms with Crippen LogP contribution in [0.1, 0.15) is 12.8 Å². The molecule has 1 atom stereocenters. The van der Waals surface area contributed by atoms with Gasteiger partial charge in [0.2, 0.25) is 0 Å². The maximum absolute atomic E-state index is 10.6. The van der Waals surface area contributed by atoms with Crippen LogP contribution in [0.4, 0.5) is 0 Å². The Bertz CT molecular complexity index is 114. The minimum absolute atomic E-state index is 0. The molecule has 0 unspecified atom stereocenters. The van der Waals surface area contributed by atoms with E-state index >= 15 is 0 Å². The van der Waals surface area contributed by atoms with Gasteiger partial charge in [-0.1, -0.05) is 0 Å². The minimum atomic E-state index is -0.354.